The van der Waals surface area contributed by atoms with Gasteiger partial charge in [-0.15, -0.1) is 12.4 Å². The molecule has 2 unspecified atom stereocenters. The fourth-order valence-corrected chi connectivity index (χ4v) is 2.96. The Morgan fingerprint density at radius 1 is 1.43 bits per heavy atom. The molecule has 118 valence electrons. The number of carbonyl (C=O) groups excluding carboxylic acids is 1. The van der Waals surface area contributed by atoms with Crippen LogP contribution >= 0.6 is 12.4 Å². The minimum absolute atomic E-state index is 0. The molecule has 0 bridgehead atoms. The highest BCUT2D eigenvalue weighted by atomic mass is 35.5. The van der Waals surface area contributed by atoms with Crippen LogP contribution in [0.5, 0.6) is 5.75 Å². The fourth-order valence-electron chi connectivity index (χ4n) is 2.96. The third kappa shape index (κ3) is 4.35. The quantitative estimate of drug-likeness (QED) is 0.907. The first-order valence-corrected chi connectivity index (χ1v) is 7.27. The predicted octanol–water partition coefficient (Wildman–Crippen LogP) is 2.25. The van der Waals surface area contributed by atoms with Gasteiger partial charge in [-0.1, -0.05) is 18.2 Å². The number of methoxy groups -OCH3 is 1. The summed E-state index contributed by atoms with van der Waals surface area (Å²) in [6, 6.07) is 8.18. The van der Waals surface area contributed by atoms with Gasteiger partial charge in [-0.3, -0.25) is 4.79 Å². The van der Waals surface area contributed by atoms with Crippen LogP contribution < -0.4 is 10.5 Å². The van der Waals surface area contributed by atoms with E-state index in [1.165, 1.54) is 0 Å². The zero-order chi connectivity index (χ0) is 14.5. The molecule has 2 atom stereocenters. The summed E-state index contributed by atoms with van der Waals surface area (Å²) in [4.78, 5) is 14.3. The summed E-state index contributed by atoms with van der Waals surface area (Å²) >= 11 is 0. The highest BCUT2D eigenvalue weighted by Gasteiger charge is 2.31. The number of aryl methyl sites for hydroxylation is 1. The molecule has 2 rings (SSSR count). The second kappa shape index (κ2) is 8.25. The molecule has 21 heavy (non-hydrogen) atoms. The van der Waals surface area contributed by atoms with Crippen molar-refractivity contribution in [1.29, 1.82) is 0 Å². The van der Waals surface area contributed by atoms with Gasteiger partial charge in [0, 0.05) is 19.0 Å². The van der Waals surface area contributed by atoms with Crippen LogP contribution in [-0.2, 0) is 11.2 Å². The molecule has 0 aliphatic carbocycles. The van der Waals surface area contributed by atoms with Gasteiger partial charge in [0.25, 0.3) is 0 Å². The van der Waals surface area contributed by atoms with Gasteiger partial charge >= 0.3 is 0 Å². The van der Waals surface area contributed by atoms with E-state index < -0.39 is 0 Å². The molecule has 0 spiro atoms. The number of hydrogen-bond donors (Lipinski definition) is 1. The summed E-state index contributed by atoms with van der Waals surface area (Å²) in [6.45, 7) is 3.58. The topological polar surface area (TPSA) is 55.6 Å². The molecule has 0 radical (unpaired) electrons. The number of nitrogens with zero attached hydrogens (tertiary/aromatic N) is 1. The van der Waals surface area contributed by atoms with Crippen molar-refractivity contribution in [2.75, 3.05) is 20.2 Å². The second-order valence-electron chi connectivity index (χ2n) is 5.54. The molecule has 1 aromatic rings. The average molecular weight is 313 g/mol. The highest BCUT2D eigenvalue weighted by molar-refractivity contribution is 5.85. The van der Waals surface area contributed by atoms with Crippen LogP contribution in [0.25, 0.3) is 0 Å². The zero-order valence-corrected chi connectivity index (χ0v) is 13.6. The largest absolute Gasteiger partial charge is 0.496 e. The van der Waals surface area contributed by atoms with E-state index >= 15 is 0 Å². The van der Waals surface area contributed by atoms with E-state index in [2.05, 4.69) is 6.92 Å². The zero-order valence-electron chi connectivity index (χ0n) is 12.7. The van der Waals surface area contributed by atoms with Gasteiger partial charge in [-0.2, -0.15) is 0 Å². The lowest BCUT2D eigenvalue weighted by Gasteiger charge is -2.21. The number of para-hydroxylation sites is 1. The number of carbonyl (C=O) groups is 1. The van der Waals surface area contributed by atoms with Crippen LogP contribution in [-0.4, -0.2) is 37.0 Å². The van der Waals surface area contributed by atoms with Crippen LogP contribution in [0.2, 0.25) is 0 Å². The molecule has 2 N–H and O–H groups in total. The lowest BCUT2D eigenvalue weighted by Crippen LogP contribution is -2.34. The third-order valence-electron chi connectivity index (χ3n) is 4.12. The molecule has 1 fully saturated rings. The lowest BCUT2D eigenvalue weighted by atomic mass is 10.1. The predicted molar refractivity (Wildman–Crippen MR) is 86.9 cm³/mol. The van der Waals surface area contributed by atoms with Crippen molar-refractivity contribution in [3.8, 4) is 5.75 Å². The van der Waals surface area contributed by atoms with Gasteiger partial charge < -0.3 is 15.4 Å². The lowest BCUT2D eigenvalue weighted by molar-refractivity contribution is -0.131. The second-order valence-corrected chi connectivity index (χ2v) is 5.54. The van der Waals surface area contributed by atoms with Crippen LogP contribution in [0.4, 0.5) is 0 Å². The molecule has 1 aliphatic heterocycles. The average Bonchev–Trinajstić information content (AvgIpc) is 2.86. The summed E-state index contributed by atoms with van der Waals surface area (Å²) in [5, 5.41) is 0. The number of halogens is 1. The van der Waals surface area contributed by atoms with Crippen molar-refractivity contribution in [3.63, 3.8) is 0 Å². The first kappa shape index (κ1) is 17.8. The van der Waals surface area contributed by atoms with Gasteiger partial charge in [-0.25, -0.2) is 0 Å². The minimum Gasteiger partial charge on any atom is -0.496 e. The van der Waals surface area contributed by atoms with Gasteiger partial charge in [0.2, 0.25) is 5.91 Å². The smallest absolute Gasteiger partial charge is 0.223 e. The molecule has 5 heteroatoms. The van der Waals surface area contributed by atoms with Crippen molar-refractivity contribution in [2.45, 2.75) is 32.2 Å². The molecule has 1 aromatic carbocycles. The van der Waals surface area contributed by atoms with Crippen molar-refractivity contribution in [1.82, 2.24) is 4.90 Å². The van der Waals surface area contributed by atoms with E-state index in [0.29, 0.717) is 24.9 Å². The van der Waals surface area contributed by atoms with E-state index in [1.54, 1.807) is 7.11 Å². The normalized spacial score (nSPS) is 21.0. The Labute approximate surface area is 133 Å². The summed E-state index contributed by atoms with van der Waals surface area (Å²) < 4.78 is 5.32. The SMILES string of the molecule is COc1ccccc1CCC(=O)N1CC(CN)CC1C.Cl. The van der Waals surface area contributed by atoms with Crippen molar-refractivity contribution in [2.24, 2.45) is 11.7 Å². The Morgan fingerprint density at radius 3 is 2.76 bits per heavy atom. The number of nitrogens with two attached hydrogens (primary N) is 1. The molecule has 1 saturated heterocycles. The van der Waals surface area contributed by atoms with Crippen LogP contribution in [0.15, 0.2) is 24.3 Å². The molecule has 4 nitrogen and oxygen atoms in total. The Balaban J connectivity index is 0.00000220. The molecule has 1 heterocycles. The number of amides is 1. The molecule has 1 amide bonds. The Morgan fingerprint density at radius 2 is 2.14 bits per heavy atom. The van der Waals surface area contributed by atoms with Crippen molar-refractivity contribution < 1.29 is 9.53 Å². The van der Waals surface area contributed by atoms with E-state index in [0.717, 1.165) is 30.7 Å². The van der Waals surface area contributed by atoms with Crippen LogP contribution in [0.1, 0.15) is 25.3 Å². The summed E-state index contributed by atoms with van der Waals surface area (Å²) in [7, 11) is 1.66. The summed E-state index contributed by atoms with van der Waals surface area (Å²) in [5.41, 5.74) is 6.80. The van der Waals surface area contributed by atoms with Gasteiger partial charge in [-0.05, 0) is 43.9 Å². The van der Waals surface area contributed by atoms with Crippen molar-refractivity contribution >= 4 is 18.3 Å². The van der Waals surface area contributed by atoms with E-state index in [1.807, 2.05) is 29.2 Å². The number of rotatable bonds is 5. The Bertz CT molecular complexity index is 467. The molecule has 1 aliphatic rings. The third-order valence-corrected chi connectivity index (χ3v) is 4.12. The van der Waals surface area contributed by atoms with Crippen LogP contribution in [0, 0.1) is 5.92 Å². The first-order valence-electron chi connectivity index (χ1n) is 7.27. The monoisotopic (exact) mass is 312 g/mol. The number of hydrogen-bond acceptors (Lipinski definition) is 3. The van der Waals surface area contributed by atoms with Gasteiger partial charge in [0.05, 0.1) is 7.11 Å². The standard InChI is InChI=1S/C16H24N2O2.ClH/c1-12-9-13(10-17)11-18(12)16(19)8-7-14-5-3-4-6-15(14)20-2;/h3-6,12-13H,7-11,17H2,1-2H3;1H. The molecule has 0 aromatic heterocycles. The van der Waals surface area contributed by atoms with E-state index in [-0.39, 0.29) is 18.3 Å². The number of likely N-dealkylation sites (tertiary alicyclic amines) is 1. The molecular formula is C16H25ClN2O2. The molecular weight excluding hydrogens is 288 g/mol. The van der Waals surface area contributed by atoms with E-state index in [4.69, 9.17) is 10.5 Å². The number of ether oxygens (including phenoxy) is 1. The summed E-state index contributed by atoms with van der Waals surface area (Å²) in [6.07, 6.45) is 2.28. The fraction of sp³-hybridized carbons (Fsp3) is 0.562. The van der Waals surface area contributed by atoms with Crippen LogP contribution in [0.3, 0.4) is 0 Å². The maximum Gasteiger partial charge on any atom is 0.223 e. The van der Waals surface area contributed by atoms with Gasteiger partial charge in [0.15, 0.2) is 0 Å². The minimum atomic E-state index is 0. The first-order chi connectivity index (χ1) is 9.65. The maximum absolute atomic E-state index is 12.3. The Kier molecular flexibility index (Phi) is 6.99. The van der Waals surface area contributed by atoms with Gasteiger partial charge in [0.1, 0.15) is 5.75 Å². The Hall–Kier alpha value is -1.26. The highest BCUT2D eigenvalue weighted by Crippen LogP contribution is 2.24. The summed E-state index contributed by atoms with van der Waals surface area (Å²) in [5.74, 6) is 1.54. The maximum atomic E-state index is 12.3. The number of benzene rings is 1. The van der Waals surface area contributed by atoms with Crippen molar-refractivity contribution in [3.05, 3.63) is 29.8 Å². The molecule has 0 saturated carbocycles. The van der Waals surface area contributed by atoms with E-state index in [9.17, 15) is 4.79 Å².